The van der Waals surface area contributed by atoms with Crippen LogP contribution >= 0.6 is 34.2 Å². The molecule has 0 aromatic carbocycles. The van der Waals surface area contributed by atoms with Gasteiger partial charge in [-0.25, -0.2) is 0 Å². The van der Waals surface area contributed by atoms with Crippen LogP contribution < -0.4 is 0 Å². The molecule has 0 heterocycles. The van der Waals surface area contributed by atoms with E-state index >= 15 is 0 Å². The second-order valence-corrected chi connectivity index (χ2v) is 1.82. The third-order valence-corrected chi connectivity index (χ3v) is 1.62. The molecule has 0 unspecified atom stereocenters. The van der Waals surface area contributed by atoms with E-state index in [9.17, 15) is 0 Å². The zero-order valence-corrected chi connectivity index (χ0v) is 5.90. The summed E-state index contributed by atoms with van der Waals surface area (Å²) >= 11 is 7.21. The average Bonchev–Trinajstić information content (AvgIpc) is 1.65. The molecule has 1 N–H and O–H groups in total. The predicted molar refractivity (Wildman–Crippen MR) is 35.0 cm³/mol. The maximum Gasteiger partial charge on any atom is 0.0792 e. The Bertz CT molecular complexity index is 61.8. The van der Waals surface area contributed by atoms with E-state index < -0.39 is 0 Å². The zero-order chi connectivity index (χ0) is 4.99. The first-order valence-electron chi connectivity index (χ1n) is 1.37. The molecule has 0 bridgehead atoms. The molecule has 0 saturated carbocycles. The average molecular weight is 218 g/mol. The van der Waals surface area contributed by atoms with Gasteiger partial charge in [0.1, 0.15) is 0 Å². The van der Waals surface area contributed by atoms with Crippen molar-refractivity contribution >= 4 is 34.2 Å². The highest BCUT2D eigenvalue weighted by Crippen LogP contribution is 2.01. The summed E-state index contributed by atoms with van der Waals surface area (Å²) in [6.07, 6.45) is 0. The van der Waals surface area contributed by atoms with E-state index in [1.807, 2.05) is 22.6 Å². The molecule has 0 aromatic heterocycles. The van der Waals surface area contributed by atoms with Crippen molar-refractivity contribution in [1.82, 2.24) is 0 Å². The van der Waals surface area contributed by atoms with Gasteiger partial charge >= 0.3 is 0 Å². The molecule has 0 amide bonds. The van der Waals surface area contributed by atoms with Gasteiger partial charge in [-0.2, -0.15) is 0 Å². The Hall–Kier alpha value is 0.720. The van der Waals surface area contributed by atoms with Crippen LogP contribution in [0.1, 0.15) is 0 Å². The molecule has 1 nitrogen and oxygen atoms in total. The van der Waals surface area contributed by atoms with Gasteiger partial charge in [0.2, 0.25) is 0 Å². The van der Waals surface area contributed by atoms with E-state index in [4.69, 9.17) is 16.7 Å². The minimum atomic E-state index is -0.0511. The normalized spacial score (nSPS) is 12.2. The molecular weight excluding hydrogens is 214 g/mol. The van der Waals surface area contributed by atoms with Gasteiger partial charge in [-0.3, -0.25) is 0 Å². The molecule has 0 atom stereocenters. The van der Waals surface area contributed by atoms with Crippen LogP contribution in [0, 0.1) is 0 Å². The molecule has 3 heteroatoms. The van der Waals surface area contributed by atoms with Gasteiger partial charge in [-0.1, -0.05) is 34.2 Å². The van der Waals surface area contributed by atoms with Gasteiger partial charge in [0.15, 0.2) is 0 Å². The lowest BCUT2D eigenvalue weighted by molar-refractivity contribution is 0.339. The van der Waals surface area contributed by atoms with Crippen molar-refractivity contribution in [3.8, 4) is 0 Å². The summed E-state index contributed by atoms with van der Waals surface area (Å²) in [6, 6.07) is 0. The molecule has 0 rings (SSSR count). The zero-order valence-electron chi connectivity index (χ0n) is 2.99. The SMILES string of the molecule is OC/C(Cl)=C\I. The first-order valence-corrected chi connectivity index (χ1v) is 2.99. The Kier molecular flexibility index (Phi) is 4.36. The van der Waals surface area contributed by atoms with E-state index in [-0.39, 0.29) is 6.61 Å². The quantitative estimate of drug-likeness (QED) is 0.661. The van der Waals surface area contributed by atoms with Crippen molar-refractivity contribution in [2.24, 2.45) is 0 Å². The largest absolute Gasteiger partial charge is 0.391 e. The van der Waals surface area contributed by atoms with Crippen molar-refractivity contribution in [3.63, 3.8) is 0 Å². The highest BCUT2D eigenvalue weighted by atomic mass is 127. The van der Waals surface area contributed by atoms with Crippen molar-refractivity contribution in [3.05, 3.63) is 9.12 Å². The van der Waals surface area contributed by atoms with Crippen LogP contribution in [0.4, 0.5) is 0 Å². The number of aliphatic hydroxyl groups excluding tert-OH is 1. The summed E-state index contributed by atoms with van der Waals surface area (Å²) < 4.78 is 1.62. The first kappa shape index (κ1) is 6.72. The van der Waals surface area contributed by atoms with E-state index in [2.05, 4.69) is 0 Å². The predicted octanol–water partition coefficient (Wildman–Crippen LogP) is 1.49. The fourth-order valence-electron chi connectivity index (χ4n) is 0.0345. The number of halogens is 2. The second kappa shape index (κ2) is 3.89. The maximum absolute atomic E-state index is 8.13. The number of aliphatic hydroxyl groups is 1. The molecule has 0 saturated heterocycles. The molecule has 0 aromatic rings. The molecule has 36 valence electrons. The summed E-state index contributed by atoms with van der Waals surface area (Å²) in [7, 11) is 0. The third kappa shape index (κ3) is 2.93. The third-order valence-electron chi connectivity index (χ3n) is 0.269. The van der Waals surface area contributed by atoms with Crippen molar-refractivity contribution in [1.29, 1.82) is 0 Å². The van der Waals surface area contributed by atoms with Crippen molar-refractivity contribution in [2.45, 2.75) is 0 Å². The number of rotatable bonds is 1. The van der Waals surface area contributed by atoms with Gasteiger partial charge in [-0.05, 0) is 4.08 Å². The molecule has 0 aliphatic rings. The molecule has 0 radical (unpaired) electrons. The van der Waals surface area contributed by atoms with Crippen molar-refractivity contribution in [2.75, 3.05) is 6.61 Å². The topological polar surface area (TPSA) is 20.2 Å². The van der Waals surface area contributed by atoms with E-state index in [1.165, 1.54) is 0 Å². The van der Waals surface area contributed by atoms with Crippen LogP contribution in [-0.4, -0.2) is 11.7 Å². The number of hydrogen-bond acceptors (Lipinski definition) is 1. The highest BCUT2D eigenvalue weighted by Gasteiger charge is 1.79. The molecule has 0 fully saturated rings. The summed E-state index contributed by atoms with van der Waals surface area (Å²) in [5.41, 5.74) is 0. The van der Waals surface area contributed by atoms with Crippen LogP contribution in [0.3, 0.4) is 0 Å². The van der Waals surface area contributed by atoms with Crippen molar-refractivity contribution < 1.29 is 5.11 Å². The fourth-order valence-corrected chi connectivity index (χ4v) is 0.231. The molecular formula is C3H4ClIO. The summed E-state index contributed by atoms with van der Waals surface area (Å²) in [4.78, 5) is 0. The fraction of sp³-hybridized carbons (Fsp3) is 0.333. The van der Waals surface area contributed by atoms with E-state index in [1.54, 1.807) is 4.08 Å². The first-order chi connectivity index (χ1) is 2.81. The van der Waals surface area contributed by atoms with Crippen LogP contribution in [0.15, 0.2) is 9.12 Å². The molecule has 0 spiro atoms. The summed E-state index contributed by atoms with van der Waals surface area (Å²) in [5.74, 6) is 0. The van der Waals surface area contributed by atoms with Gasteiger partial charge in [0.05, 0.1) is 6.61 Å². The summed E-state index contributed by atoms with van der Waals surface area (Å²) in [5, 5.41) is 8.61. The van der Waals surface area contributed by atoms with Crippen LogP contribution in [0.5, 0.6) is 0 Å². The molecule has 0 aliphatic heterocycles. The Balaban J connectivity index is 3.22. The van der Waals surface area contributed by atoms with Gasteiger partial charge < -0.3 is 5.11 Å². The Morgan fingerprint density at radius 1 is 2.00 bits per heavy atom. The van der Waals surface area contributed by atoms with Crippen LogP contribution in [-0.2, 0) is 0 Å². The van der Waals surface area contributed by atoms with Crippen LogP contribution in [0.2, 0.25) is 0 Å². The number of hydrogen-bond donors (Lipinski definition) is 1. The Morgan fingerprint density at radius 3 is 2.50 bits per heavy atom. The smallest absolute Gasteiger partial charge is 0.0792 e. The monoisotopic (exact) mass is 218 g/mol. The second-order valence-electron chi connectivity index (χ2n) is 0.714. The minimum absolute atomic E-state index is 0.0511. The summed E-state index contributed by atoms with van der Waals surface area (Å²) in [6.45, 7) is -0.0511. The lowest BCUT2D eigenvalue weighted by atomic mass is 10.7. The lowest BCUT2D eigenvalue weighted by Crippen LogP contribution is -1.75. The Labute approximate surface area is 55.1 Å². The minimum Gasteiger partial charge on any atom is -0.391 e. The molecule has 6 heavy (non-hydrogen) atoms. The highest BCUT2D eigenvalue weighted by molar-refractivity contribution is 14.1. The lowest BCUT2D eigenvalue weighted by Gasteiger charge is -1.80. The van der Waals surface area contributed by atoms with E-state index in [0.717, 1.165) is 0 Å². The maximum atomic E-state index is 8.13. The van der Waals surface area contributed by atoms with E-state index in [0.29, 0.717) is 5.03 Å². The standard InChI is InChI=1S/C3H4ClIO/c4-3(1-5)2-6/h1,6H,2H2/b3-1+. The Morgan fingerprint density at radius 2 is 2.50 bits per heavy atom. The van der Waals surface area contributed by atoms with Gasteiger partial charge in [0, 0.05) is 5.03 Å². The van der Waals surface area contributed by atoms with Gasteiger partial charge in [-0.15, -0.1) is 0 Å². The molecule has 0 aliphatic carbocycles. The van der Waals surface area contributed by atoms with Crippen LogP contribution in [0.25, 0.3) is 0 Å². The van der Waals surface area contributed by atoms with Gasteiger partial charge in [0.25, 0.3) is 0 Å².